The van der Waals surface area contributed by atoms with Crippen molar-refractivity contribution in [1.82, 2.24) is 0 Å². The van der Waals surface area contributed by atoms with Crippen molar-refractivity contribution in [3.05, 3.63) is 59.0 Å². The Kier molecular flexibility index (Phi) is 4.85. The molecule has 0 radical (unpaired) electrons. The molecule has 0 saturated heterocycles. The summed E-state index contributed by atoms with van der Waals surface area (Å²) in [6.07, 6.45) is 4.70. The Bertz CT molecular complexity index is 450. The molecule has 1 aromatic carbocycles. The van der Waals surface area contributed by atoms with Crippen LogP contribution in [0.3, 0.4) is 0 Å². The van der Waals surface area contributed by atoms with E-state index >= 15 is 0 Å². The van der Waals surface area contributed by atoms with Crippen molar-refractivity contribution in [3.8, 4) is 0 Å². The van der Waals surface area contributed by atoms with Crippen LogP contribution >= 0.6 is 11.6 Å². The summed E-state index contributed by atoms with van der Waals surface area (Å²) in [6, 6.07) is 12.0. The van der Waals surface area contributed by atoms with Crippen molar-refractivity contribution in [2.75, 3.05) is 6.54 Å². The summed E-state index contributed by atoms with van der Waals surface area (Å²) in [5, 5.41) is 0.774. The minimum Gasteiger partial charge on any atom is -0.469 e. The average molecular weight is 264 g/mol. The Hall–Kier alpha value is -1.25. The zero-order valence-electron chi connectivity index (χ0n) is 10.3. The van der Waals surface area contributed by atoms with Gasteiger partial charge in [-0.2, -0.15) is 0 Å². The van der Waals surface area contributed by atoms with Crippen LogP contribution in [0.15, 0.2) is 47.1 Å². The molecule has 0 aliphatic rings. The number of hydrogen-bond acceptors (Lipinski definition) is 2. The van der Waals surface area contributed by atoms with E-state index in [1.165, 1.54) is 5.56 Å². The smallest absolute Gasteiger partial charge is 0.103 e. The summed E-state index contributed by atoms with van der Waals surface area (Å²) < 4.78 is 5.36. The van der Waals surface area contributed by atoms with E-state index in [1.807, 2.05) is 24.3 Å². The number of furan rings is 1. The topological polar surface area (TPSA) is 39.2 Å². The van der Waals surface area contributed by atoms with E-state index in [1.54, 1.807) is 6.26 Å². The minimum absolute atomic E-state index is 0.470. The van der Waals surface area contributed by atoms with Crippen LogP contribution in [0.25, 0.3) is 0 Å². The van der Waals surface area contributed by atoms with Crippen LogP contribution in [0.2, 0.25) is 5.02 Å². The summed E-state index contributed by atoms with van der Waals surface area (Å²) >= 11 is 5.91. The number of aryl methyl sites for hydroxylation is 1. The van der Waals surface area contributed by atoms with Gasteiger partial charge >= 0.3 is 0 Å². The second-order valence-electron chi connectivity index (χ2n) is 4.44. The van der Waals surface area contributed by atoms with Crippen molar-refractivity contribution >= 4 is 11.6 Å². The number of nitrogens with two attached hydrogens (primary N) is 1. The van der Waals surface area contributed by atoms with Gasteiger partial charge in [0.25, 0.3) is 0 Å². The number of rotatable bonds is 6. The standard InChI is InChI=1S/C15H18ClNO/c16-14-6-3-12(4-7-14)13(9-10-17)5-8-15-2-1-11-18-15/h1-4,6-7,11,13H,5,8-10,17H2. The Morgan fingerprint density at radius 3 is 2.50 bits per heavy atom. The number of halogens is 1. The lowest BCUT2D eigenvalue weighted by Gasteiger charge is -2.16. The van der Waals surface area contributed by atoms with Crippen LogP contribution in [0.4, 0.5) is 0 Å². The van der Waals surface area contributed by atoms with Crippen LogP contribution in [-0.4, -0.2) is 6.54 Å². The van der Waals surface area contributed by atoms with Gasteiger partial charge in [-0.25, -0.2) is 0 Å². The fourth-order valence-electron chi connectivity index (χ4n) is 2.19. The van der Waals surface area contributed by atoms with Gasteiger partial charge < -0.3 is 10.2 Å². The number of benzene rings is 1. The molecule has 2 nitrogen and oxygen atoms in total. The second-order valence-corrected chi connectivity index (χ2v) is 4.88. The first-order chi connectivity index (χ1) is 8.79. The fraction of sp³-hybridized carbons (Fsp3) is 0.333. The Balaban J connectivity index is 2.01. The van der Waals surface area contributed by atoms with Gasteiger partial charge in [-0.3, -0.25) is 0 Å². The molecule has 0 spiro atoms. The van der Waals surface area contributed by atoms with Crippen molar-refractivity contribution in [2.45, 2.75) is 25.2 Å². The molecule has 1 heterocycles. The molecule has 0 fully saturated rings. The highest BCUT2D eigenvalue weighted by Crippen LogP contribution is 2.26. The summed E-state index contributed by atoms with van der Waals surface area (Å²) in [5.74, 6) is 1.50. The molecule has 1 atom stereocenters. The van der Waals surface area contributed by atoms with Gasteiger partial charge in [0, 0.05) is 11.4 Å². The lowest BCUT2D eigenvalue weighted by Crippen LogP contribution is -2.08. The molecule has 0 saturated carbocycles. The van der Waals surface area contributed by atoms with Crippen LogP contribution in [0.1, 0.15) is 30.1 Å². The van der Waals surface area contributed by atoms with Crippen LogP contribution < -0.4 is 5.73 Å². The molecule has 2 aromatic rings. The first-order valence-electron chi connectivity index (χ1n) is 6.27. The van der Waals surface area contributed by atoms with Crippen molar-refractivity contribution < 1.29 is 4.42 Å². The van der Waals surface area contributed by atoms with E-state index in [0.29, 0.717) is 12.5 Å². The summed E-state index contributed by atoms with van der Waals surface area (Å²) in [6.45, 7) is 0.700. The first kappa shape index (κ1) is 13.2. The molecule has 0 amide bonds. The van der Waals surface area contributed by atoms with E-state index in [4.69, 9.17) is 21.8 Å². The van der Waals surface area contributed by atoms with E-state index in [2.05, 4.69) is 12.1 Å². The average Bonchev–Trinajstić information content (AvgIpc) is 2.89. The molecule has 2 rings (SSSR count). The molecule has 1 aromatic heterocycles. The van der Waals surface area contributed by atoms with Gasteiger partial charge in [-0.1, -0.05) is 23.7 Å². The lowest BCUT2D eigenvalue weighted by atomic mass is 9.91. The third kappa shape index (κ3) is 3.62. The molecule has 18 heavy (non-hydrogen) atoms. The molecule has 0 aliphatic heterocycles. The monoisotopic (exact) mass is 263 g/mol. The van der Waals surface area contributed by atoms with E-state index in [9.17, 15) is 0 Å². The van der Waals surface area contributed by atoms with Gasteiger partial charge in [-0.05, 0) is 55.1 Å². The van der Waals surface area contributed by atoms with Crippen molar-refractivity contribution in [3.63, 3.8) is 0 Å². The highest BCUT2D eigenvalue weighted by atomic mass is 35.5. The predicted molar refractivity (Wildman–Crippen MR) is 74.9 cm³/mol. The summed E-state index contributed by atoms with van der Waals surface area (Å²) in [4.78, 5) is 0. The molecule has 3 heteroatoms. The van der Waals surface area contributed by atoms with E-state index in [-0.39, 0.29) is 0 Å². The fourth-order valence-corrected chi connectivity index (χ4v) is 2.31. The lowest BCUT2D eigenvalue weighted by molar-refractivity contribution is 0.479. The molecular formula is C15H18ClNO. The predicted octanol–water partition coefficient (Wildman–Crippen LogP) is 4.00. The van der Waals surface area contributed by atoms with Gasteiger partial charge in [0.05, 0.1) is 6.26 Å². The highest BCUT2D eigenvalue weighted by Gasteiger charge is 2.11. The van der Waals surface area contributed by atoms with Crippen LogP contribution in [0.5, 0.6) is 0 Å². The second kappa shape index (κ2) is 6.62. The molecule has 96 valence electrons. The largest absolute Gasteiger partial charge is 0.469 e. The zero-order valence-corrected chi connectivity index (χ0v) is 11.1. The first-order valence-corrected chi connectivity index (χ1v) is 6.65. The van der Waals surface area contributed by atoms with Gasteiger partial charge in [-0.15, -0.1) is 0 Å². The Morgan fingerprint density at radius 1 is 1.11 bits per heavy atom. The maximum atomic E-state index is 5.91. The Morgan fingerprint density at radius 2 is 1.89 bits per heavy atom. The minimum atomic E-state index is 0.470. The van der Waals surface area contributed by atoms with Crippen LogP contribution in [-0.2, 0) is 6.42 Å². The summed E-state index contributed by atoms with van der Waals surface area (Å²) in [7, 11) is 0. The third-order valence-electron chi connectivity index (χ3n) is 3.18. The third-order valence-corrected chi connectivity index (χ3v) is 3.43. The zero-order chi connectivity index (χ0) is 12.8. The molecule has 0 bridgehead atoms. The summed E-state index contributed by atoms with van der Waals surface area (Å²) in [5.41, 5.74) is 7.00. The molecular weight excluding hydrogens is 246 g/mol. The maximum absolute atomic E-state index is 5.91. The van der Waals surface area contributed by atoms with Gasteiger partial charge in [0.15, 0.2) is 0 Å². The van der Waals surface area contributed by atoms with Crippen LogP contribution in [0, 0.1) is 0 Å². The molecule has 0 aliphatic carbocycles. The molecule has 1 unspecified atom stereocenters. The van der Waals surface area contributed by atoms with Gasteiger partial charge in [0.2, 0.25) is 0 Å². The normalized spacial score (nSPS) is 12.6. The van der Waals surface area contributed by atoms with Crippen molar-refractivity contribution in [2.24, 2.45) is 5.73 Å². The SMILES string of the molecule is NCCC(CCc1ccco1)c1ccc(Cl)cc1. The Labute approximate surface area is 113 Å². The quantitative estimate of drug-likeness (QED) is 0.856. The van der Waals surface area contributed by atoms with E-state index < -0.39 is 0 Å². The van der Waals surface area contributed by atoms with Crippen molar-refractivity contribution in [1.29, 1.82) is 0 Å². The van der Waals surface area contributed by atoms with E-state index in [0.717, 1.165) is 30.0 Å². The highest BCUT2D eigenvalue weighted by molar-refractivity contribution is 6.30. The maximum Gasteiger partial charge on any atom is 0.103 e. The molecule has 2 N–H and O–H groups in total. The number of hydrogen-bond donors (Lipinski definition) is 1. The van der Waals surface area contributed by atoms with Gasteiger partial charge in [0.1, 0.15) is 5.76 Å².